The third-order valence-corrected chi connectivity index (χ3v) is 6.75. The van der Waals surface area contributed by atoms with E-state index in [9.17, 15) is 24.5 Å². The first-order valence-corrected chi connectivity index (χ1v) is 12.6. The molecule has 2 aromatic heterocycles. The Labute approximate surface area is 225 Å². The second kappa shape index (κ2) is 10.7. The van der Waals surface area contributed by atoms with Crippen LogP contribution >= 0.6 is 11.3 Å². The van der Waals surface area contributed by atoms with E-state index < -0.39 is 23.4 Å². The van der Waals surface area contributed by atoms with Gasteiger partial charge in [-0.2, -0.15) is 0 Å². The first-order chi connectivity index (χ1) is 18.8. The number of nitro benzene ring substituents is 1. The average molecular weight is 541 g/mol. The number of benzene rings is 3. The molecule has 5 aromatic rings. The Bertz CT molecular complexity index is 1800. The van der Waals surface area contributed by atoms with Gasteiger partial charge in [-0.25, -0.2) is 9.78 Å². The molecule has 0 bridgehead atoms. The topological polar surface area (TPSA) is 133 Å². The van der Waals surface area contributed by atoms with Crippen LogP contribution in [-0.2, 0) is 16.6 Å². The number of nitrogens with one attached hydrogen (secondary N) is 1. The normalized spacial score (nSPS) is 10.8. The second-order valence-corrected chi connectivity index (χ2v) is 9.33. The zero-order valence-electron chi connectivity index (χ0n) is 20.5. The molecule has 2 heterocycles. The van der Waals surface area contributed by atoms with Crippen molar-refractivity contribution in [1.29, 1.82) is 0 Å². The number of amides is 1. The van der Waals surface area contributed by atoms with Gasteiger partial charge in [-0.05, 0) is 17.0 Å². The Morgan fingerprint density at radius 1 is 1.00 bits per heavy atom. The molecule has 0 unspecified atom stereocenters. The Kier molecular flexibility index (Phi) is 6.98. The van der Waals surface area contributed by atoms with Gasteiger partial charge in [0.2, 0.25) is 0 Å². The summed E-state index contributed by atoms with van der Waals surface area (Å²) < 4.78 is 6.57. The number of nitro groups is 1. The smallest absolute Gasteiger partial charge is 0.356 e. The molecular formula is C28H20N4O6S. The van der Waals surface area contributed by atoms with E-state index in [4.69, 9.17) is 4.74 Å². The van der Waals surface area contributed by atoms with E-state index in [1.807, 2.05) is 30.3 Å². The lowest BCUT2D eigenvalue weighted by molar-refractivity contribution is -0.384. The highest BCUT2D eigenvalue weighted by Gasteiger charge is 2.23. The van der Waals surface area contributed by atoms with Gasteiger partial charge in [-0.15, -0.1) is 11.3 Å². The monoisotopic (exact) mass is 540 g/mol. The summed E-state index contributed by atoms with van der Waals surface area (Å²) in [5.41, 5.74) is 1.82. The number of anilines is 1. The number of pyridine rings is 1. The van der Waals surface area contributed by atoms with Crippen molar-refractivity contribution in [2.24, 2.45) is 7.05 Å². The molecule has 3 aromatic carbocycles. The van der Waals surface area contributed by atoms with Gasteiger partial charge in [-0.3, -0.25) is 25.0 Å². The van der Waals surface area contributed by atoms with E-state index in [-0.39, 0.29) is 22.1 Å². The number of hydrogen-bond donors (Lipinski definition) is 1. The molecule has 1 amide bonds. The Morgan fingerprint density at radius 2 is 1.69 bits per heavy atom. The van der Waals surface area contributed by atoms with Gasteiger partial charge in [0.25, 0.3) is 17.2 Å². The van der Waals surface area contributed by atoms with E-state index in [1.54, 1.807) is 41.8 Å². The fourth-order valence-electron chi connectivity index (χ4n) is 4.20. The summed E-state index contributed by atoms with van der Waals surface area (Å²) in [6, 6.07) is 22.2. The summed E-state index contributed by atoms with van der Waals surface area (Å²) in [4.78, 5) is 53.7. The Balaban J connectivity index is 1.36. The number of esters is 1. The molecule has 0 saturated heterocycles. The first kappa shape index (κ1) is 25.5. The molecule has 194 valence electrons. The Hall–Kier alpha value is -5.16. The minimum Gasteiger partial charge on any atom is -0.451 e. The van der Waals surface area contributed by atoms with Crippen molar-refractivity contribution in [3.8, 4) is 22.4 Å². The number of nitrogens with zero attached hydrogens (tertiary/aromatic N) is 3. The summed E-state index contributed by atoms with van der Waals surface area (Å²) in [7, 11) is 1.49. The van der Waals surface area contributed by atoms with Crippen LogP contribution < -0.4 is 10.9 Å². The number of thiazole rings is 1. The summed E-state index contributed by atoms with van der Waals surface area (Å²) in [5.74, 6) is -1.46. The van der Waals surface area contributed by atoms with Gasteiger partial charge < -0.3 is 9.30 Å². The number of fused-ring (bicyclic) bond motifs is 1. The lowest BCUT2D eigenvalue weighted by Crippen LogP contribution is -2.28. The number of ether oxygens (including phenoxy) is 1. The highest BCUT2D eigenvalue weighted by Crippen LogP contribution is 2.31. The van der Waals surface area contributed by atoms with E-state index in [1.165, 1.54) is 23.7 Å². The Morgan fingerprint density at radius 3 is 2.44 bits per heavy atom. The molecule has 0 saturated carbocycles. The highest BCUT2D eigenvalue weighted by molar-refractivity contribution is 7.14. The van der Waals surface area contributed by atoms with Gasteiger partial charge >= 0.3 is 5.97 Å². The summed E-state index contributed by atoms with van der Waals surface area (Å²) in [6.07, 6.45) is 0. The minimum atomic E-state index is -0.828. The molecule has 1 N–H and O–H groups in total. The third kappa shape index (κ3) is 5.15. The molecule has 0 fully saturated rings. The van der Waals surface area contributed by atoms with E-state index in [0.717, 1.165) is 16.9 Å². The maximum atomic E-state index is 13.3. The number of carbonyl (C=O) groups is 2. The molecule has 0 aliphatic carbocycles. The number of non-ortho nitro benzene ring substituents is 1. The summed E-state index contributed by atoms with van der Waals surface area (Å²) in [6.45, 7) is -0.611. The molecule has 39 heavy (non-hydrogen) atoms. The van der Waals surface area contributed by atoms with Gasteiger partial charge in [-0.1, -0.05) is 60.7 Å². The van der Waals surface area contributed by atoms with Crippen LogP contribution in [0.2, 0.25) is 0 Å². The average Bonchev–Trinajstić information content (AvgIpc) is 3.42. The van der Waals surface area contributed by atoms with Crippen LogP contribution in [0.1, 0.15) is 10.5 Å². The van der Waals surface area contributed by atoms with E-state index >= 15 is 0 Å². The number of rotatable bonds is 7. The predicted octanol–water partition coefficient (Wildman–Crippen LogP) is 5.03. The maximum Gasteiger partial charge on any atom is 0.356 e. The number of aromatic nitrogens is 2. The lowest BCUT2D eigenvalue weighted by Gasteiger charge is -2.16. The molecular weight excluding hydrogens is 520 g/mol. The molecule has 0 radical (unpaired) electrons. The molecule has 0 aliphatic rings. The van der Waals surface area contributed by atoms with Crippen molar-refractivity contribution in [3.63, 3.8) is 0 Å². The van der Waals surface area contributed by atoms with Gasteiger partial charge in [0.15, 0.2) is 11.7 Å². The van der Waals surface area contributed by atoms with Crippen molar-refractivity contribution < 1.29 is 19.2 Å². The molecule has 0 spiro atoms. The summed E-state index contributed by atoms with van der Waals surface area (Å²) in [5, 5.41) is 16.5. The zero-order chi connectivity index (χ0) is 27.5. The minimum absolute atomic E-state index is 0.0277. The zero-order valence-corrected chi connectivity index (χ0v) is 21.3. The molecule has 0 atom stereocenters. The van der Waals surface area contributed by atoms with Crippen LogP contribution in [0.15, 0.2) is 89.0 Å². The van der Waals surface area contributed by atoms with Crippen LogP contribution in [-0.4, -0.2) is 33.0 Å². The van der Waals surface area contributed by atoms with Crippen molar-refractivity contribution in [3.05, 3.63) is 110 Å². The predicted molar refractivity (Wildman–Crippen MR) is 148 cm³/mol. The van der Waals surface area contributed by atoms with Gasteiger partial charge in [0.05, 0.1) is 10.6 Å². The van der Waals surface area contributed by atoms with Gasteiger partial charge in [0, 0.05) is 41.1 Å². The number of carbonyl (C=O) groups excluding carboxylic acids is 2. The lowest BCUT2D eigenvalue weighted by atomic mass is 9.97. The van der Waals surface area contributed by atoms with Crippen LogP contribution in [0, 0.1) is 10.1 Å². The number of hydrogen-bond acceptors (Lipinski definition) is 8. The van der Waals surface area contributed by atoms with Crippen molar-refractivity contribution in [2.75, 3.05) is 11.9 Å². The van der Waals surface area contributed by atoms with Crippen molar-refractivity contribution in [1.82, 2.24) is 9.55 Å². The first-order valence-electron chi connectivity index (χ1n) is 11.7. The van der Waals surface area contributed by atoms with E-state index in [0.29, 0.717) is 27.6 Å². The van der Waals surface area contributed by atoms with Crippen LogP contribution in [0.5, 0.6) is 0 Å². The largest absolute Gasteiger partial charge is 0.451 e. The summed E-state index contributed by atoms with van der Waals surface area (Å²) >= 11 is 1.12. The fraction of sp³-hybridized carbons (Fsp3) is 0.0714. The molecule has 5 rings (SSSR count). The second-order valence-electron chi connectivity index (χ2n) is 8.47. The van der Waals surface area contributed by atoms with Crippen LogP contribution in [0.3, 0.4) is 0 Å². The van der Waals surface area contributed by atoms with Crippen LogP contribution in [0.4, 0.5) is 10.8 Å². The maximum absolute atomic E-state index is 13.3. The third-order valence-electron chi connectivity index (χ3n) is 6.00. The standard InChI is InChI=1S/C28H20N4O6S/c1-31-25(24(17-8-3-2-4-9-17)20-12-5-6-13-21(20)26(31)34)27(35)38-15-23(33)30-28-29-22(16-39-28)18-10-7-11-19(14-18)32(36)37/h2-14,16H,15H2,1H3,(H,29,30,33). The molecule has 10 nitrogen and oxygen atoms in total. The highest BCUT2D eigenvalue weighted by atomic mass is 32.1. The SMILES string of the molecule is Cn1c(C(=O)OCC(=O)Nc2nc(-c3cccc([N+](=O)[O-])c3)cs2)c(-c2ccccc2)c2ccccc2c1=O. The molecule has 11 heteroatoms. The van der Waals surface area contributed by atoms with Crippen LogP contribution in [0.25, 0.3) is 33.2 Å². The quantitative estimate of drug-likeness (QED) is 0.174. The fourth-order valence-corrected chi connectivity index (χ4v) is 4.93. The molecule has 0 aliphatic heterocycles. The van der Waals surface area contributed by atoms with Gasteiger partial charge in [0.1, 0.15) is 5.69 Å². The van der Waals surface area contributed by atoms with Crippen molar-refractivity contribution >= 4 is 44.8 Å². The van der Waals surface area contributed by atoms with Crippen molar-refractivity contribution in [2.45, 2.75) is 0 Å². The van der Waals surface area contributed by atoms with E-state index in [2.05, 4.69) is 10.3 Å².